The number of amides is 2. The molecule has 0 unspecified atom stereocenters. The Morgan fingerprint density at radius 1 is 0.970 bits per heavy atom. The van der Waals surface area contributed by atoms with Crippen molar-refractivity contribution in [2.45, 2.75) is 51.6 Å². The van der Waals surface area contributed by atoms with E-state index in [9.17, 15) is 9.59 Å². The van der Waals surface area contributed by atoms with Crippen molar-refractivity contribution < 1.29 is 14.0 Å². The number of unbranched alkanes of at least 4 members (excludes halogenated alkanes) is 1. The fourth-order valence-electron chi connectivity index (χ4n) is 4.64. The Balaban J connectivity index is 1.82. The second-order valence-electron chi connectivity index (χ2n) is 8.52. The summed E-state index contributed by atoms with van der Waals surface area (Å²) in [6, 6.07) is 22.5. The van der Waals surface area contributed by atoms with Crippen molar-refractivity contribution in [2.24, 2.45) is 0 Å². The van der Waals surface area contributed by atoms with Crippen LogP contribution in [-0.4, -0.2) is 17.9 Å². The predicted molar refractivity (Wildman–Crippen MR) is 130 cm³/mol. The van der Waals surface area contributed by atoms with Crippen LogP contribution in [0.2, 0.25) is 0 Å². The van der Waals surface area contributed by atoms with E-state index in [4.69, 9.17) is 0 Å². The summed E-state index contributed by atoms with van der Waals surface area (Å²) < 4.78 is 15.0. The molecule has 0 N–H and O–H groups in total. The number of hydrogen-bond acceptors (Lipinski definition) is 2. The molecule has 0 saturated carbocycles. The molecular weight excluding hydrogens is 415 g/mol. The molecular formula is C28H29FN2O2. The predicted octanol–water partition coefficient (Wildman–Crippen LogP) is 6.53. The van der Waals surface area contributed by atoms with Gasteiger partial charge in [0.25, 0.3) is 5.91 Å². The number of anilines is 2. The standard InChI is InChI=1S/C28H29FN2O2/c1-3-4-18-27(32)30-20(2)19-26(22-14-8-10-16-24(22)30)31(25-17-11-9-15-23(25)29)28(33)21-12-6-5-7-13-21/h5-17,20,26H,3-4,18-19H2,1-2H3/t20-,26-/m0/s1. The summed E-state index contributed by atoms with van der Waals surface area (Å²) in [5, 5.41) is 0. The van der Waals surface area contributed by atoms with Gasteiger partial charge < -0.3 is 4.90 Å². The van der Waals surface area contributed by atoms with Crippen LogP contribution in [0.3, 0.4) is 0 Å². The van der Waals surface area contributed by atoms with Crippen LogP contribution in [0.25, 0.3) is 0 Å². The molecule has 3 aromatic carbocycles. The van der Waals surface area contributed by atoms with Crippen molar-refractivity contribution in [2.75, 3.05) is 9.80 Å². The molecule has 2 amide bonds. The molecule has 3 aromatic rings. The molecule has 170 valence electrons. The number of carbonyl (C=O) groups is 2. The monoisotopic (exact) mass is 444 g/mol. The Kier molecular flexibility index (Phi) is 6.87. The van der Waals surface area contributed by atoms with Crippen molar-refractivity contribution in [3.05, 3.63) is 95.8 Å². The summed E-state index contributed by atoms with van der Waals surface area (Å²) in [6.45, 7) is 4.07. The summed E-state index contributed by atoms with van der Waals surface area (Å²) in [7, 11) is 0. The third kappa shape index (κ3) is 4.54. The Morgan fingerprint density at radius 3 is 2.36 bits per heavy atom. The lowest BCUT2D eigenvalue weighted by Crippen LogP contribution is -2.48. The van der Waals surface area contributed by atoms with E-state index in [-0.39, 0.29) is 23.5 Å². The van der Waals surface area contributed by atoms with Crippen molar-refractivity contribution >= 4 is 23.2 Å². The average Bonchev–Trinajstić information content (AvgIpc) is 2.84. The summed E-state index contributed by atoms with van der Waals surface area (Å²) >= 11 is 0. The number of nitrogens with zero attached hydrogens (tertiary/aromatic N) is 2. The Hall–Kier alpha value is -3.47. The van der Waals surface area contributed by atoms with Gasteiger partial charge in [0, 0.05) is 23.7 Å². The van der Waals surface area contributed by atoms with E-state index in [0.717, 1.165) is 24.1 Å². The van der Waals surface area contributed by atoms with Gasteiger partial charge in [0.15, 0.2) is 0 Å². The molecule has 5 heteroatoms. The van der Waals surface area contributed by atoms with Gasteiger partial charge >= 0.3 is 0 Å². The minimum absolute atomic E-state index is 0.0853. The Labute approximate surface area is 194 Å². The first-order valence-corrected chi connectivity index (χ1v) is 11.6. The largest absolute Gasteiger partial charge is 0.309 e. The van der Waals surface area contributed by atoms with Crippen LogP contribution < -0.4 is 9.80 Å². The minimum Gasteiger partial charge on any atom is -0.309 e. The summed E-state index contributed by atoms with van der Waals surface area (Å²) in [5.41, 5.74) is 2.38. The number of benzene rings is 3. The average molecular weight is 445 g/mol. The molecule has 0 fully saturated rings. The van der Waals surface area contributed by atoms with Crippen LogP contribution in [0.15, 0.2) is 78.9 Å². The molecule has 0 bridgehead atoms. The molecule has 1 aliphatic rings. The first-order chi connectivity index (χ1) is 16.0. The highest BCUT2D eigenvalue weighted by Crippen LogP contribution is 2.43. The Morgan fingerprint density at radius 2 is 1.64 bits per heavy atom. The van der Waals surface area contributed by atoms with Crippen LogP contribution in [0.4, 0.5) is 15.8 Å². The van der Waals surface area contributed by atoms with Gasteiger partial charge in [-0.2, -0.15) is 0 Å². The maximum Gasteiger partial charge on any atom is 0.258 e. The fourth-order valence-corrected chi connectivity index (χ4v) is 4.64. The van der Waals surface area contributed by atoms with E-state index < -0.39 is 11.9 Å². The molecule has 0 radical (unpaired) electrons. The van der Waals surface area contributed by atoms with Crippen molar-refractivity contribution in [3.8, 4) is 0 Å². The smallest absolute Gasteiger partial charge is 0.258 e. The molecule has 2 atom stereocenters. The van der Waals surface area contributed by atoms with E-state index in [1.54, 1.807) is 47.4 Å². The van der Waals surface area contributed by atoms with Crippen LogP contribution in [0, 0.1) is 5.82 Å². The molecule has 0 spiro atoms. The third-order valence-corrected chi connectivity index (χ3v) is 6.24. The topological polar surface area (TPSA) is 40.6 Å². The number of carbonyl (C=O) groups excluding carboxylic acids is 2. The molecule has 1 heterocycles. The fraction of sp³-hybridized carbons (Fsp3) is 0.286. The Bertz CT molecular complexity index is 1130. The lowest BCUT2D eigenvalue weighted by Gasteiger charge is -2.43. The summed E-state index contributed by atoms with van der Waals surface area (Å²) in [4.78, 5) is 30.2. The van der Waals surface area contributed by atoms with E-state index in [1.807, 2.05) is 42.2 Å². The lowest BCUT2D eigenvalue weighted by molar-refractivity contribution is -0.119. The van der Waals surface area contributed by atoms with Crippen LogP contribution in [0.5, 0.6) is 0 Å². The van der Waals surface area contributed by atoms with E-state index in [0.29, 0.717) is 18.4 Å². The number of rotatable bonds is 6. The van der Waals surface area contributed by atoms with Gasteiger partial charge in [0.1, 0.15) is 5.82 Å². The molecule has 4 nitrogen and oxygen atoms in total. The van der Waals surface area contributed by atoms with E-state index >= 15 is 4.39 Å². The zero-order chi connectivity index (χ0) is 23.4. The van der Waals surface area contributed by atoms with Crippen LogP contribution >= 0.6 is 0 Å². The van der Waals surface area contributed by atoms with E-state index in [2.05, 4.69) is 6.92 Å². The van der Waals surface area contributed by atoms with Gasteiger partial charge in [-0.25, -0.2) is 4.39 Å². The number of fused-ring (bicyclic) bond motifs is 1. The van der Waals surface area contributed by atoms with Crippen molar-refractivity contribution in [3.63, 3.8) is 0 Å². The maximum atomic E-state index is 15.0. The molecule has 1 aliphatic heterocycles. The third-order valence-electron chi connectivity index (χ3n) is 6.24. The molecule has 0 aromatic heterocycles. The van der Waals surface area contributed by atoms with Gasteiger partial charge in [-0.15, -0.1) is 0 Å². The second-order valence-corrected chi connectivity index (χ2v) is 8.52. The molecule has 0 saturated heterocycles. The van der Waals surface area contributed by atoms with Crippen molar-refractivity contribution in [1.82, 2.24) is 0 Å². The van der Waals surface area contributed by atoms with Gasteiger partial charge in [-0.3, -0.25) is 14.5 Å². The lowest BCUT2D eigenvalue weighted by atomic mass is 9.89. The van der Waals surface area contributed by atoms with Gasteiger partial charge in [-0.05, 0) is 55.7 Å². The normalized spacial score (nSPS) is 17.4. The van der Waals surface area contributed by atoms with Crippen molar-refractivity contribution in [1.29, 1.82) is 0 Å². The van der Waals surface area contributed by atoms with Gasteiger partial charge in [0.05, 0.1) is 11.7 Å². The van der Waals surface area contributed by atoms with E-state index in [1.165, 1.54) is 6.07 Å². The zero-order valence-corrected chi connectivity index (χ0v) is 19.1. The highest BCUT2D eigenvalue weighted by Gasteiger charge is 2.39. The maximum absolute atomic E-state index is 15.0. The minimum atomic E-state index is -0.451. The first-order valence-electron chi connectivity index (χ1n) is 11.6. The summed E-state index contributed by atoms with van der Waals surface area (Å²) in [6.07, 6.45) is 2.79. The molecule has 33 heavy (non-hydrogen) atoms. The number of halogens is 1. The van der Waals surface area contributed by atoms with Crippen LogP contribution in [0.1, 0.15) is 61.5 Å². The number of hydrogen-bond donors (Lipinski definition) is 0. The molecule has 4 rings (SSSR count). The van der Waals surface area contributed by atoms with Gasteiger partial charge in [0.2, 0.25) is 5.91 Å². The molecule has 0 aliphatic carbocycles. The van der Waals surface area contributed by atoms with Gasteiger partial charge in [-0.1, -0.05) is 61.9 Å². The first kappa shape index (κ1) is 22.7. The number of para-hydroxylation sites is 2. The second kappa shape index (κ2) is 9.99. The highest BCUT2D eigenvalue weighted by molar-refractivity contribution is 6.07. The SMILES string of the molecule is CCCCC(=O)N1c2ccccc2[C@@H](N(C(=O)c2ccccc2)c2ccccc2F)C[C@@H]1C. The summed E-state index contributed by atoms with van der Waals surface area (Å²) in [5.74, 6) is -0.631. The zero-order valence-electron chi connectivity index (χ0n) is 19.1. The highest BCUT2D eigenvalue weighted by atomic mass is 19.1. The quantitative estimate of drug-likeness (QED) is 0.434. The van der Waals surface area contributed by atoms with Crippen LogP contribution in [-0.2, 0) is 4.79 Å².